The van der Waals surface area contributed by atoms with Gasteiger partial charge >= 0.3 is 0 Å². The van der Waals surface area contributed by atoms with E-state index in [-0.39, 0.29) is 71.8 Å². The van der Waals surface area contributed by atoms with Gasteiger partial charge in [0.05, 0.1) is 5.78 Å². The maximum atomic E-state index is 11.7. The molecular formula is C9H6F2OY2-2. The van der Waals surface area contributed by atoms with Crippen molar-refractivity contribution in [2.75, 3.05) is 0 Å². The van der Waals surface area contributed by atoms with E-state index in [0.717, 1.165) is 0 Å². The van der Waals surface area contributed by atoms with E-state index in [0.29, 0.717) is 5.56 Å². The van der Waals surface area contributed by atoms with E-state index in [1.54, 1.807) is 24.3 Å². The predicted molar refractivity (Wildman–Crippen MR) is 39.4 cm³/mol. The normalized spacial score (nSPS) is 8.14. The van der Waals surface area contributed by atoms with Crippen LogP contribution in [0.15, 0.2) is 24.3 Å². The van der Waals surface area contributed by atoms with Crippen LogP contribution >= 0.6 is 0 Å². The van der Waals surface area contributed by atoms with Crippen molar-refractivity contribution in [3.8, 4) is 0 Å². The number of halogens is 2. The van der Waals surface area contributed by atoms with Crippen LogP contribution in [-0.2, 0) is 76.6 Å². The van der Waals surface area contributed by atoms with E-state index in [9.17, 15) is 13.6 Å². The summed E-state index contributed by atoms with van der Waals surface area (Å²) in [4.78, 5) is 10.5. The first-order chi connectivity index (χ1) is 5.70. The molecule has 0 bridgehead atoms. The van der Waals surface area contributed by atoms with Crippen molar-refractivity contribution in [2.45, 2.75) is 6.42 Å². The summed E-state index contributed by atoms with van der Waals surface area (Å²) in [6.45, 7) is 0. The van der Waals surface area contributed by atoms with Gasteiger partial charge in [0.25, 0.3) is 0 Å². The topological polar surface area (TPSA) is 17.1 Å². The largest absolute Gasteiger partial charge is 0.392 e. The molecule has 0 aliphatic heterocycles. The molecule has 1 rings (SSSR count). The fourth-order valence-corrected chi connectivity index (χ4v) is 0.780. The first kappa shape index (κ1) is 17.2. The van der Waals surface area contributed by atoms with Crippen molar-refractivity contribution >= 4 is 5.78 Å². The van der Waals surface area contributed by atoms with Crippen molar-refractivity contribution in [1.29, 1.82) is 0 Å². The molecule has 0 spiro atoms. The number of Topliss-reactive ketones (excluding diaryl/α,β-unsaturated/α-hetero) is 1. The van der Waals surface area contributed by atoms with Crippen molar-refractivity contribution in [2.24, 2.45) is 0 Å². The van der Waals surface area contributed by atoms with Crippen LogP contribution in [0.2, 0.25) is 0 Å². The number of carbonyl (C=O) groups is 1. The second kappa shape index (κ2) is 9.08. The smallest absolute Gasteiger partial charge is 0.0614 e. The molecule has 5 heteroatoms. The fourth-order valence-electron chi connectivity index (χ4n) is 0.780. The molecule has 2 radical (unpaired) electrons. The van der Waals surface area contributed by atoms with Crippen molar-refractivity contribution in [3.63, 3.8) is 0 Å². The molecule has 1 aromatic carbocycles. The zero-order valence-electron chi connectivity index (χ0n) is 7.34. The quantitative estimate of drug-likeness (QED) is 0.766. The Morgan fingerprint density at radius 1 is 1.36 bits per heavy atom. The van der Waals surface area contributed by atoms with E-state index in [4.69, 9.17) is 0 Å². The molecule has 0 aliphatic rings. The van der Waals surface area contributed by atoms with Gasteiger partial charge in [-0.3, -0.25) is 0 Å². The zero-order valence-corrected chi connectivity index (χ0v) is 13.0. The Morgan fingerprint density at radius 2 is 2.00 bits per heavy atom. The Labute approximate surface area is 132 Å². The summed E-state index contributed by atoms with van der Waals surface area (Å²) < 4.78 is 23.3. The molecule has 1 nitrogen and oxygen atoms in total. The molecule has 0 unspecified atom stereocenters. The van der Waals surface area contributed by atoms with E-state index in [1.807, 2.05) is 0 Å². The molecule has 0 aromatic heterocycles. The van der Waals surface area contributed by atoms with Crippen LogP contribution in [0, 0.1) is 12.5 Å². The average Bonchev–Trinajstić information content (AvgIpc) is 2.06. The molecule has 0 N–H and O–H groups in total. The number of rotatable bonds is 3. The van der Waals surface area contributed by atoms with Crippen molar-refractivity contribution in [3.05, 3.63) is 42.3 Å². The number of benzene rings is 1. The van der Waals surface area contributed by atoms with E-state index < -0.39 is 12.2 Å². The van der Waals surface area contributed by atoms with Gasteiger partial charge in [-0.15, -0.1) is 0 Å². The minimum atomic E-state index is -2.15. The second-order valence-corrected chi connectivity index (χ2v) is 2.25. The molecule has 0 atom stereocenters. The van der Waals surface area contributed by atoms with Crippen LogP contribution in [0.5, 0.6) is 0 Å². The molecular weight excluding hydrogens is 340 g/mol. The summed E-state index contributed by atoms with van der Waals surface area (Å²) in [5, 5.41) is 0. The minimum Gasteiger partial charge on any atom is -0.392 e. The Hall–Kier alpha value is 0.828. The second-order valence-electron chi connectivity index (χ2n) is 2.25. The van der Waals surface area contributed by atoms with E-state index >= 15 is 0 Å². The summed E-state index contributed by atoms with van der Waals surface area (Å²) in [5.74, 6) is -1.14. The van der Waals surface area contributed by atoms with Gasteiger partial charge in [-0.05, 0) is 6.42 Å². The molecule has 0 saturated carbocycles. The third kappa shape index (κ3) is 6.34. The first-order valence-electron chi connectivity index (χ1n) is 3.37. The summed E-state index contributed by atoms with van der Waals surface area (Å²) in [7, 11) is 0. The summed E-state index contributed by atoms with van der Waals surface area (Å²) >= 11 is 0. The standard InChI is InChI=1S/C9H6F2O.2Y/c10-9(11)8(12)6-7-4-2-1-3-5-7;;/h1-4H,6H2;;/q-2;;. The average molecular weight is 346 g/mol. The molecule has 1 aromatic rings. The van der Waals surface area contributed by atoms with Gasteiger partial charge < -0.3 is 13.6 Å². The minimum absolute atomic E-state index is 0. The molecule has 14 heavy (non-hydrogen) atoms. The van der Waals surface area contributed by atoms with Gasteiger partial charge in [0, 0.05) is 71.8 Å². The van der Waals surface area contributed by atoms with Crippen LogP contribution < -0.4 is 0 Å². The van der Waals surface area contributed by atoms with Gasteiger partial charge in [0.15, 0.2) is 0 Å². The Balaban J connectivity index is 0. The van der Waals surface area contributed by atoms with Gasteiger partial charge in [-0.25, -0.2) is 0 Å². The fraction of sp³-hybridized carbons (Fsp3) is 0.111. The number of ketones is 1. The van der Waals surface area contributed by atoms with Crippen LogP contribution in [0.3, 0.4) is 0 Å². The molecule has 0 heterocycles. The number of hydrogen-bond donors (Lipinski definition) is 0. The Bertz CT molecular complexity index is 265. The first-order valence-corrected chi connectivity index (χ1v) is 3.37. The third-order valence-electron chi connectivity index (χ3n) is 1.34. The summed E-state index contributed by atoms with van der Waals surface area (Å²) in [6, 6.07) is 9.24. The van der Waals surface area contributed by atoms with E-state index in [1.165, 1.54) is 0 Å². The van der Waals surface area contributed by atoms with Crippen LogP contribution in [-0.4, -0.2) is 5.78 Å². The number of hydrogen-bond acceptors (Lipinski definition) is 1. The molecule has 0 fully saturated rings. The Kier molecular flexibility index (Phi) is 11.2. The monoisotopic (exact) mass is 346 g/mol. The van der Waals surface area contributed by atoms with Crippen LogP contribution in [0.4, 0.5) is 8.78 Å². The molecule has 70 valence electrons. The third-order valence-corrected chi connectivity index (χ3v) is 1.34. The Morgan fingerprint density at radius 3 is 2.43 bits per heavy atom. The van der Waals surface area contributed by atoms with Crippen LogP contribution in [0.25, 0.3) is 0 Å². The molecule has 0 saturated heterocycles. The maximum absolute atomic E-state index is 11.7. The maximum Gasteiger partial charge on any atom is 0.0614 e. The van der Waals surface area contributed by atoms with Crippen LogP contribution in [0.1, 0.15) is 5.56 Å². The van der Waals surface area contributed by atoms with Crippen molar-refractivity contribution in [1.82, 2.24) is 0 Å². The molecule has 0 aliphatic carbocycles. The van der Waals surface area contributed by atoms with Crippen molar-refractivity contribution < 1.29 is 79.0 Å². The van der Waals surface area contributed by atoms with Gasteiger partial charge in [-0.1, -0.05) is 0 Å². The van der Waals surface area contributed by atoms with Gasteiger partial charge in [0.2, 0.25) is 0 Å². The summed E-state index contributed by atoms with van der Waals surface area (Å²) in [5.41, 5.74) is 0.482. The van der Waals surface area contributed by atoms with Gasteiger partial charge in [0.1, 0.15) is 0 Å². The SMILES string of the molecule is O=C(Cc1[c-]cccc1)[C-](F)F.[Y].[Y]. The van der Waals surface area contributed by atoms with E-state index in [2.05, 4.69) is 6.07 Å². The predicted octanol–water partition coefficient (Wildman–Crippen LogP) is 2.02. The summed E-state index contributed by atoms with van der Waals surface area (Å²) in [6.07, 6.45) is -2.42. The molecule has 0 amide bonds. The number of carbonyl (C=O) groups excluding carboxylic acids is 1. The zero-order chi connectivity index (χ0) is 8.97. The van der Waals surface area contributed by atoms with Gasteiger partial charge in [-0.2, -0.15) is 35.9 Å².